The van der Waals surface area contributed by atoms with Gasteiger partial charge in [-0.3, -0.25) is 9.52 Å². The first kappa shape index (κ1) is 17.0. The maximum Gasteiger partial charge on any atom is 0.262 e. The smallest absolute Gasteiger partial charge is 0.262 e. The molecular formula is C18H20N4O3S. The number of hydrogen-bond acceptors (Lipinski definition) is 5. The molecule has 1 fully saturated rings. The van der Waals surface area contributed by atoms with E-state index < -0.39 is 10.0 Å². The average Bonchev–Trinajstić information content (AvgIpc) is 2.98. The van der Waals surface area contributed by atoms with E-state index in [9.17, 15) is 13.2 Å². The SMILES string of the molecule is CC(=O)N1Cc2ccc(S(=O)(=O)Nc3cnc(C4CCC4)nc3)cc2C1. The van der Waals surface area contributed by atoms with E-state index in [0.717, 1.165) is 29.8 Å². The molecular weight excluding hydrogens is 352 g/mol. The molecule has 1 aliphatic heterocycles. The Kier molecular flexibility index (Phi) is 4.14. The van der Waals surface area contributed by atoms with Gasteiger partial charge in [0, 0.05) is 25.9 Å². The number of anilines is 1. The van der Waals surface area contributed by atoms with Crippen molar-refractivity contribution < 1.29 is 13.2 Å². The number of sulfonamides is 1. The van der Waals surface area contributed by atoms with Gasteiger partial charge in [0.1, 0.15) is 5.82 Å². The van der Waals surface area contributed by atoms with Crippen LogP contribution in [0.3, 0.4) is 0 Å². The van der Waals surface area contributed by atoms with Gasteiger partial charge in [-0.05, 0) is 36.1 Å². The number of rotatable bonds is 4. The van der Waals surface area contributed by atoms with Gasteiger partial charge in [-0.15, -0.1) is 0 Å². The molecule has 1 aromatic carbocycles. The Morgan fingerprint density at radius 3 is 2.46 bits per heavy atom. The first-order valence-corrected chi connectivity index (χ1v) is 10.1. The Balaban J connectivity index is 1.52. The average molecular weight is 372 g/mol. The van der Waals surface area contributed by atoms with Crippen molar-refractivity contribution >= 4 is 21.6 Å². The predicted molar refractivity (Wildman–Crippen MR) is 95.8 cm³/mol. The number of nitrogens with zero attached hydrogens (tertiary/aromatic N) is 3. The molecule has 1 saturated carbocycles. The molecule has 136 valence electrons. The van der Waals surface area contributed by atoms with Crippen molar-refractivity contribution in [3.63, 3.8) is 0 Å². The molecule has 1 N–H and O–H groups in total. The van der Waals surface area contributed by atoms with E-state index in [1.54, 1.807) is 23.1 Å². The first-order valence-electron chi connectivity index (χ1n) is 8.64. The number of amides is 1. The molecule has 2 aliphatic rings. The minimum atomic E-state index is -3.73. The number of nitrogens with one attached hydrogen (secondary N) is 1. The summed E-state index contributed by atoms with van der Waals surface area (Å²) in [6.45, 7) is 2.47. The zero-order valence-corrected chi connectivity index (χ0v) is 15.3. The third-order valence-corrected chi connectivity index (χ3v) is 6.43. The van der Waals surface area contributed by atoms with Gasteiger partial charge in [0.05, 0.1) is 23.0 Å². The molecule has 0 atom stereocenters. The second-order valence-corrected chi connectivity index (χ2v) is 8.55. The molecule has 26 heavy (non-hydrogen) atoms. The van der Waals surface area contributed by atoms with Crippen molar-refractivity contribution in [1.82, 2.24) is 14.9 Å². The molecule has 1 amide bonds. The maximum atomic E-state index is 12.7. The van der Waals surface area contributed by atoms with Crippen molar-refractivity contribution in [2.45, 2.75) is 50.1 Å². The Hall–Kier alpha value is -2.48. The van der Waals surface area contributed by atoms with E-state index >= 15 is 0 Å². The summed E-state index contributed by atoms with van der Waals surface area (Å²) in [5.41, 5.74) is 2.19. The Morgan fingerprint density at radius 2 is 1.85 bits per heavy atom. The second kappa shape index (κ2) is 6.35. The van der Waals surface area contributed by atoms with Crippen LogP contribution in [0.2, 0.25) is 0 Å². The van der Waals surface area contributed by atoms with Crippen LogP contribution < -0.4 is 4.72 Å². The van der Waals surface area contributed by atoms with Gasteiger partial charge in [0.15, 0.2) is 0 Å². The molecule has 1 aliphatic carbocycles. The van der Waals surface area contributed by atoms with Crippen LogP contribution in [0.5, 0.6) is 0 Å². The van der Waals surface area contributed by atoms with Crippen LogP contribution in [0.15, 0.2) is 35.5 Å². The molecule has 2 heterocycles. The highest BCUT2D eigenvalue weighted by atomic mass is 32.2. The third-order valence-electron chi connectivity index (χ3n) is 5.05. The lowest BCUT2D eigenvalue weighted by Gasteiger charge is -2.23. The number of hydrogen-bond donors (Lipinski definition) is 1. The molecule has 0 bridgehead atoms. The molecule has 0 radical (unpaired) electrons. The fraction of sp³-hybridized carbons (Fsp3) is 0.389. The van der Waals surface area contributed by atoms with Gasteiger partial charge in [-0.25, -0.2) is 18.4 Å². The quantitative estimate of drug-likeness (QED) is 0.890. The van der Waals surface area contributed by atoms with E-state index in [1.807, 2.05) is 0 Å². The van der Waals surface area contributed by atoms with E-state index in [2.05, 4.69) is 14.7 Å². The highest BCUT2D eigenvalue weighted by Crippen LogP contribution is 2.34. The van der Waals surface area contributed by atoms with Gasteiger partial charge in [0.25, 0.3) is 10.0 Å². The fourth-order valence-corrected chi connectivity index (χ4v) is 4.32. The van der Waals surface area contributed by atoms with E-state index in [0.29, 0.717) is 24.7 Å². The molecule has 0 spiro atoms. The van der Waals surface area contributed by atoms with Gasteiger partial charge in [-0.2, -0.15) is 0 Å². The summed E-state index contributed by atoms with van der Waals surface area (Å²) in [6, 6.07) is 4.96. The Bertz CT molecular complexity index is 953. The van der Waals surface area contributed by atoms with Crippen LogP contribution in [0, 0.1) is 0 Å². The lowest BCUT2D eigenvalue weighted by atomic mass is 9.85. The number of carbonyl (C=O) groups is 1. The van der Waals surface area contributed by atoms with Crippen molar-refractivity contribution in [2.75, 3.05) is 4.72 Å². The molecule has 0 unspecified atom stereocenters. The number of aromatic nitrogens is 2. The van der Waals surface area contributed by atoms with Gasteiger partial charge >= 0.3 is 0 Å². The summed E-state index contributed by atoms with van der Waals surface area (Å²) in [4.78, 5) is 21.9. The molecule has 0 saturated heterocycles. The minimum Gasteiger partial charge on any atom is -0.334 e. The highest BCUT2D eigenvalue weighted by Gasteiger charge is 2.25. The summed E-state index contributed by atoms with van der Waals surface area (Å²) >= 11 is 0. The third kappa shape index (κ3) is 3.16. The summed E-state index contributed by atoms with van der Waals surface area (Å²) < 4.78 is 27.8. The molecule has 2 aromatic rings. The van der Waals surface area contributed by atoms with Crippen LogP contribution in [-0.2, 0) is 27.9 Å². The predicted octanol–water partition coefficient (Wildman–Crippen LogP) is 2.41. The fourth-order valence-electron chi connectivity index (χ4n) is 3.24. The topological polar surface area (TPSA) is 92.3 Å². The molecule has 4 rings (SSSR count). The molecule has 8 heteroatoms. The standard InChI is InChI=1S/C18H20N4O3S/c1-12(23)22-10-14-5-6-17(7-15(14)11-22)26(24,25)21-16-8-19-18(20-9-16)13-3-2-4-13/h5-9,13,21H,2-4,10-11H2,1H3. The lowest BCUT2D eigenvalue weighted by molar-refractivity contribution is -0.129. The molecule has 1 aromatic heterocycles. The minimum absolute atomic E-state index is 0.0209. The summed E-state index contributed by atoms with van der Waals surface area (Å²) in [7, 11) is -3.73. The van der Waals surface area contributed by atoms with Gasteiger partial charge in [0.2, 0.25) is 5.91 Å². The first-order chi connectivity index (χ1) is 12.4. The number of benzene rings is 1. The van der Waals surface area contributed by atoms with Gasteiger partial charge in [-0.1, -0.05) is 12.5 Å². The van der Waals surface area contributed by atoms with Crippen molar-refractivity contribution in [3.8, 4) is 0 Å². The van der Waals surface area contributed by atoms with E-state index in [1.165, 1.54) is 25.7 Å². The van der Waals surface area contributed by atoms with Crippen LogP contribution >= 0.6 is 0 Å². The van der Waals surface area contributed by atoms with Crippen molar-refractivity contribution in [2.24, 2.45) is 0 Å². The number of carbonyl (C=O) groups excluding carboxylic acids is 1. The largest absolute Gasteiger partial charge is 0.334 e. The summed E-state index contributed by atoms with van der Waals surface area (Å²) in [6.07, 6.45) is 6.42. The maximum absolute atomic E-state index is 12.7. The lowest BCUT2D eigenvalue weighted by Crippen LogP contribution is -2.21. The zero-order chi connectivity index (χ0) is 18.3. The van der Waals surface area contributed by atoms with E-state index in [-0.39, 0.29) is 10.8 Å². The molecule has 7 nitrogen and oxygen atoms in total. The Labute approximate surface area is 152 Å². The monoisotopic (exact) mass is 372 g/mol. The highest BCUT2D eigenvalue weighted by molar-refractivity contribution is 7.92. The number of fused-ring (bicyclic) bond motifs is 1. The van der Waals surface area contributed by atoms with Crippen molar-refractivity contribution in [3.05, 3.63) is 47.5 Å². The van der Waals surface area contributed by atoms with E-state index in [4.69, 9.17) is 0 Å². The Morgan fingerprint density at radius 1 is 1.15 bits per heavy atom. The second-order valence-electron chi connectivity index (χ2n) is 6.87. The summed E-state index contributed by atoms with van der Waals surface area (Å²) in [5.74, 6) is 1.16. The summed E-state index contributed by atoms with van der Waals surface area (Å²) in [5, 5.41) is 0. The van der Waals surface area contributed by atoms with Crippen molar-refractivity contribution in [1.29, 1.82) is 0 Å². The zero-order valence-electron chi connectivity index (χ0n) is 14.5. The normalized spacial score (nSPS) is 16.9. The van der Waals surface area contributed by atoms with Crippen LogP contribution in [0.4, 0.5) is 5.69 Å². The van der Waals surface area contributed by atoms with Gasteiger partial charge < -0.3 is 4.90 Å². The van der Waals surface area contributed by atoms with Crippen LogP contribution in [0.25, 0.3) is 0 Å². The van der Waals surface area contributed by atoms with Crippen LogP contribution in [-0.4, -0.2) is 29.2 Å². The van der Waals surface area contributed by atoms with Crippen LogP contribution in [0.1, 0.15) is 49.1 Å².